The highest BCUT2D eigenvalue weighted by atomic mass is 16.3. The molecule has 0 spiro atoms. The van der Waals surface area contributed by atoms with Crippen molar-refractivity contribution < 1.29 is 5.11 Å². The standard InChI is InChI=1S/C19H22N2O/c1-2-11-9-21-17-8-14-12-5-3-4-6-16(12)20-19(14)18(21)7-13(11)15(17)10-22/h2-6,13,15,17-18,20,22H,7-10H2,1H3/b11-2-/t13-,15-,17-,18-/m0/s1. The summed E-state index contributed by atoms with van der Waals surface area (Å²) >= 11 is 0. The third kappa shape index (κ3) is 1.48. The Kier molecular flexibility index (Phi) is 2.62. The van der Waals surface area contributed by atoms with Gasteiger partial charge < -0.3 is 10.1 Å². The summed E-state index contributed by atoms with van der Waals surface area (Å²) in [7, 11) is 0. The number of nitrogens with one attached hydrogen (secondary N) is 1. The lowest BCUT2D eigenvalue weighted by Crippen LogP contribution is -2.60. The smallest absolute Gasteiger partial charge is 0.0514 e. The fourth-order valence-corrected chi connectivity index (χ4v) is 5.32. The number of aromatic amines is 1. The quantitative estimate of drug-likeness (QED) is 0.794. The molecule has 4 aliphatic heterocycles. The van der Waals surface area contributed by atoms with Crippen molar-refractivity contribution in [2.75, 3.05) is 13.2 Å². The van der Waals surface area contributed by atoms with E-state index in [1.54, 1.807) is 0 Å². The fraction of sp³-hybridized carbons (Fsp3) is 0.474. The van der Waals surface area contributed by atoms with Gasteiger partial charge in [-0.05, 0) is 37.3 Å². The van der Waals surface area contributed by atoms with E-state index in [0.717, 1.165) is 19.4 Å². The van der Waals surface area contributed by atoms with Gasteiger partial charge >= 0.3 is 0 Å². The molecular weight excluding hydrogens is 272 g/mol. The fourth-order valence-electron chi connectivity index (χ4n) is 5.32. The van der Waals surface area contributed by atoms with E-state index in [0.29, 0.717) is 30.5 Å². The summed E-state index contributed by atoms with van der Waals surface area (Å²) in [4.78, 5) is 6.35. The second-order valence-corrected chi connectivity index (χ2v) is 7.07. The van der Waals surface area contributed by atoms with Crippen molar-refractivity contribution in [1.29, 1.82) is 0 Å². The molecule has 3 saturated heterocycles. The van der Waals surface area contributed by atoms with Crippen LogP contribution in [0.4, 0.5) is 0 Å². The number of aliphatic hydroxyl groups excluding tert-OH is 1. The number of aromatic nitrogens is 1. The minimum absolute atomic E-state index is 0.313. The van der Waals surface area contributed by atoms with Gasteiger partial charge in [0, 0.05) is 41.7 Å². The van der Waals surface area contributed by atoms with Crippen LogP contribution < -0.4 is 0 Å². The first-order valence-corrected chi connectivity index (χ1v) is 8.43. The van der Waals surface area contributed by atoms with E-state index in [1.165, 1.54) is 27.7 Å². The molecule has 1 aromatic heterocycles. The topological polar surface area (TPSA) is 39.3 Å². The maximum Gasteiger partial charge on any atom is 0.0514 e. The molecule has 2 aromatic rings. The van der Waals surface area contributed by atoms with Gasteiger partial charge in [0.05, 0.1) is 6.04 Å². The number of aliphatic hydroxyl groups is 1. The minimum atomic E-state index is 0.313. The SMILES string of the molecule is C/C=C1/CN2[C@H]3C[C@@H]1[C@H](CO)[C@@H]2Cc1c3[nH]c2ccccc12. The van der Waals surface area contributed by atoms with Gasteiger partial charge in [-0.2, -0.15) is 0 Å². The molecule has 2 N–H and O–H groups in total. The van der Waals surface area contributed by atoms with Crippen LogP contribution in [0.25, 0.3) is 10.9 Å². The van der Waals surface area contributed by atoms with Crippen molar-refractivity contribution >= 4 is 10.9 Å². The van der Waals surface area contributed by atoms with Gasteiger partial charge in [-0.3, -0.25) is 4.90 Å². The molecule has 6 rings (SSSR count). The second-order valence-electron chi connectivity index (χ2n) is 7.07. The number of hydrogen-bond acceptors (Lipinski definition) is 2. The first-order chi connectivity index (χ1) is 10.8. The van der Waals surface area contributed by atoms with Crippen molar-refractivity contribution in [2.24, 2.45) is 11.8 Å². The number of H-pyrrole nitrogens is 1. The molecular formula is C19H22N2O. The molecule has 5 atom stereocenters. The Bertz CT molecular complexity index is 775. The van der Waals surface area contributed by atoms with Crippen LogP contribution in [0.1, 0.15) is 30.6 Å². The summed E-state index contributed by atoms with van der Waals surface area (Å²) in [5.41, 5.74) is 5.74. The molecule has 114 valence electrons. The molecule has 3 nitrogen and oxygen atoms in total. The van der Waals surface area contributed by atoms with Crippen LogP contribution in [-0.4, -0.2) is 34.2 Å². The number of para-hydroxylation sites is 1. The lowest BCUT2D eigenvalue weighted by molar-refractivity contribution is -0.0503. The van der Waals surface area contributed by atoms with Crippen molar-refractivity contribution in [2.45, 2.75) is 31.8 Å². The highest BCUT2D eigenvalue weighted by Crippen LogP contribution is 2.53. The maximum atomic E-state index is 9.99. The van der Waals surface area contributed by atoms with E-state index < -0.39 is 0 Å². The first kappa shape index (κ1) is 12.9. The predicted octanol–water partition coefficient (Wildman–Crippen LogP) is 3.02. The van der Waals surface area contributed by atoms with Crippen molar-refractivity contribution in [3.8, 4) is 0 Å². The van der Waals surface area contributed by atoms with Crippen LogP contribution >= 0.6 is 0 Å². The van der Waals surface area contributed by atoms with Crippen LogP contribution in [0.3, 0.4) is 0 Å². The number of rotatable bonds is 1. The van der Waals surface area contributed by atoms with E-state index in [9.17, 15) is 5.11 Å². The lowest BCUT2D eigenvalue weighted by Gasteiger charge is -2.58. The molecule has 1 aromatic carbocycles. The molecule has 5 heterocycles. The molecule has 3 fully saturated rings. The highest BCUT2D eigenvalue weighted by molar-refractivity contribution is 5.85. The number of benzene rings is 1. The second kappa shape index (κ2) is 4.46. The molecule has 0 radical (unpaired) electrons. The van der Waals surface area contributed by atoms with Crippen LogP contribution in [0.15, 0.2) is 35.9 Å². The van der Waals surface area contributed by atoms with E-state index in [4.69, 9.17) is 0 Å². The Hall–Kier alpha value is -1.58. The van der Waals surface area contributed by atoms with Crippen molar-refractivity contribution in [3.05, 3.63) is 47.2 Å². The predicted molar refractivity (Wildman–Crippen MR) is 87.7 cm³/mol. The summed E-state index contributed by atoms with van der Waals surface area (Å²) < 4.78 is 0. The number of nitrogens with zero attached hydrogens (tertiary/aromatic N) is 1. The molecule has 3 heteroatoms. The normalized spacial score (nSPS) is 37.7. The average Bonchev–Trinajstić information content (AvgIpc) is 2.93. The Morgan fingerprint density at radius 3 is 3.05 bits per heavy atom. The Balaban J connectivity index is 1.69. The maximum absolute atomic E-state index is 9.99. The average molecular weight is 294 g/mol. The van der Waals surface area contributed by atoms with Crippen molar-refractivity contribution in [3.63, 3.8) is 0 Å². The number of fused-ring (bicyclic) bond motifs is 4. The minimum Gasteiger partial charge on any atom is -0.396 e. The number of hydrogen-bond donors (Lipinski definition) is 2. The van der Waals surface area contributed by atoms with Crippen LogP contribution in [0.5, 0.6) is 0 Å². The zero-order valence-corrected chi connectivity index (χ0v) is 12.9. The van der Waals surface area contributed by atoms with Gasteiger partial charge in [0.15, 0.2) is 0 Å². The molecule has 4 aliphatic rings. The highest BCUT2D eigenvalue weighted by Gasteiger charge is 2.52. The van der Waals surface area contributed by atoms with Gasteiger partial charge in [0.25, 0.3) is 0 Å². The molecule has 0 amide bonds. The third-order valence-electron chi connectivity index (χ3n) is 6.33. The van der Waals surface area contributed by atoms with E-state index in [2.05, 4.69) is 47.1 Å². The van der Waals surface area contributed by atoms with Gasteiger partial charge in [-0.25, -0.2) is 0 Å². The zero-order chi connectivity index (χ0) is 14.8. The monoisotopic (exact) mass is 294 g/mol. The van der Waals surface area contributed by atoms with E-state index in [1.807, 2.05) is 0 Å². The van der Waals surface area contributed by atoms with Crippen LogP contribution in [0.2, 0.25) is 0 Å². The van der Waals surface area contributed by atoms with Crippen molar-refractivity contribution in [1.82, 2.24) is 9.88 Å². The first-order valence-electron chi connectivity index (χ1n) is 8.43. The van der Waals surface area contributed by atoms with Crippen LogP contribution in [0, 0.1) is 11.8 Å². The summed E-state index contributed by atoms with van der Waals surface area (Å²) in [5, 5.41) is 11.4. The van der Waals surface area contributed by atoms with E-state index in [-0.39, 0.29) is 0 Å². The summed E-state index contributed by atoms with van der Waals surface area (Å²) in [5.74, 6) is 0.965. The molecule has 4 bridgehead atoms. The van der Waals surface area contributed by atoms with Gasteiger partial charge in [0.2, 0.25) is 0 Å². The zero-order valence-electron chi connectivity index (χ0n) is 12.9. The Morgan fingerprint density at radius 2 is 2.23 bits per heavy atom. The summed E-state index contributed by atoms with van der Waals surface area (Å²) in [6.07, 6.45) is 4.51. The number of allylic oxidation sites excluding steroid dienone is 1. The van der Waals surface area contributed by atoms with Gasteiger partial charge in [-0.1, -0.05) is 29.8 Å². The molecule has 1 unspecified atom stereocenters. The van der Waals surface area contributed by atoms with Gasteiger partial charge in [0.1, 0.15) is 0 Å². The third-order valence-corrected chi connectivity index (χ3v) is 6.33. The van der Waals surface area contributed by atoms with Crippen LogP contribution in [-0.2, 0) is 6.42 Å². The Labute approximate surface area is 130 Å². The number of piperidine rings is 3. The molecule has 0 saturated carbocycles. The Morgan fingerprint density at radius 1 is 1.36 bits per heavy atom. The van der Waals surface area contributed by atoms with E-state index >= 15 is 0 Å². The summed E-state index contributed by atoms with van der Waals surface area (Å²) in [6.45, 7) is 3.55. The lowest BCUT2D eigenvalue weighted by atomic mass is 9.64. The largest absolute Gasteiger partial charge is 0.396 e. The van der Waals surface area contributed by atoms with Gasteiger partial charge in [-0.15, -0.1) is 0 Å². The molecule has 22 heavy (non-hydrogen) atoms. The summed E-state index contributed by atoms with van der Waals surface area (Å²) in [6, 6.07) is 9.68. The molecule has 0 aliphatic carbocycles.